The third-order valence-electron chi connectivity index (χ3n) is 0.697. The summed E-state index contributed by atoms with van der Waals surface area (Å²) in [4.78, 5) is 9.87. The van der Waals surface area contributed by atoms with E-state index in [2.05, 4.69) is 5.32 Å². The average molecular weight is 130 g/mol. The van der Waals surface area contributed by atoms with Crippen molar-refractivity contribution in [2.45, 2.75) is 6.42 Å². The van der Waals surface area contributed by atoms with Crippen LogP contribution in [0.1, 0.15) is 6.42 Å². The SMILES string of the molecule is N/C=C\NCCC(=O)O. The van der Waals surface area contributed by atoms with Crippen LogP contribution in [-0.4, -0.2) is 17.6 Å². The van der Waals surface area contributed by atoms with E-state index < -0.39 is 5.97 Å². The number of hydrogen-bond acceptors (Lipinski definition) is 3. The number of carboxylic acids is 1. The zero-order chi connectivity index (χ0) is 7.11. The van der Waals surface area contributed by atoms with Gasteiger partial charge in [-0.1, -0.05) is 0 Å². The third kappa shape index (κ3) is 6.81. The molecular weight excluding hydrogens is 120 g/mol. The van der Waals surface area contributed by atoms with Crippen molar-refractivity contribution in [1.29, 1.82) is 0 Å². The van der Waals surface area contributed by atoms with Gasteiger partial charge in [-0.3, -0.25) is 4.79 Å². The summed E-state index contributed by atoms with van der Waals surface area (Å²) in [6.45, 7) is 0.420. The molecule has 0 fully saturated rings. The molecule has 4 nitrogen and oxygen atoms in total. The van der Waals surface area contributed by atoms with Gasteiger partial charge in [0.25, 0.3) is 0 Å². The smallest absolute Gasteiger partial charge is 0.305 e. The van der Waals surface area contributed by atoms with E-state index in [1.807, 2.05) is 0 Å². The summed E-state index contributed by atoms with van der Waals surface area (Å²) in [5, 5.41) is 10.8. The monoisotopic (exact) mass is 130 g/mol. The van der Waals surface area contributed by atoms with Crippen LogP contribution >= 0.6 is 0 Å². The quantitative estimate of drug-likeness (QED) is 0.447. The highest BCUT2D eigenvalue weighted by molar-refractivity contribution is 5.66. The lowest BCUT2D eigenvalue weighted by molar-refractivity contribution is -0.136. The second kappa shape index (κ2) is 4.96. The molecule has 0 saturated heterocycles. The molecule has 0 radical (unpaired) electrons. The largest absolute Gasteiger partial charge is 0.481 e. The highest BCUT2D eigenvalue weighted by Gasteiger charge is 1.91. The van der Waals surface area contributed by atoms with Gasteiger partial charge in [-0.25, -0.2) is 0 Å². The highest BCUT2D eigenvalue weighted by Crippen LogP contribution is 1.73. The standard InChI is InChI=1S/C5H10N2O2/c6-2-4-7-3-1-5(8)9/h2,4,7H,1,3,6H2,(H,8,9)/b4-2-. The number of aliphatic carboxylic acids is 1. The lowest BCUT2D eigenvalue weighted by Crippen LogP contribution is -2.11. The molecule has 0 heterocycles. The number of nitrogens with one attached hydrogen (secondary N) is 1. The minimum atomic E-state index is -0.812. The highest BCUT2D eigenvalue weighted by atomic mass is 16.4. The molecule has 0 spiro atoms. The number of nitrogens with two attached hydrogens (primary N) is 1. The molecule has 9 heavy (non-hydrogen) atoms. The predicted molar refractivity (Wildman–Crippen MR) is 33.6 cm³/mol. The van der Waals surface area contributed by atoms with Gasteiger partial charge in [-0.15, -0.1) is 0 Å². The molecule has 0 aromatic rings. The normalized spacial score (nSPS) is 9.78. The molecule has 0 aliphatic heterocycles. The number of carboxylic acid groups (broad SMARTS) is 1. The Morgan fingerprint density at radius 1 is 1.78 bits per heavy atom. The fourth-order valence-electron chi connectivity index (χ4n) is 0.330. The van der Waals surface area contributed by atoms with Crippen LogP contribution in [0.15, 0.2) is 12.4 Å². The van der Waals surface area contributed by atoms with E-state index in [9.17, 15) is 4.79 Å². The first-order valence-corrected chi connectivity index (χ1v) is 2.59. The van der Waals surface area contributed by atoms with Crippen molar-refractivity contribution in [3.8, 4) is 0 Å². The third-order valence-corrected chi connectivity index (χ3v) is 0.697. The van der Waals surface area contributed by atoms with Gasteiger partial charge in [0.15, 0.2) is 0 Å². The Bertz CT molecular complexity index is 112. The van der Waals surface area contributed by atoms with Crippen molar-refractivity contribution in [3.63, 3.8) is 0 Å². The van der Waals surface area contributed by atoms with E-state index in [1.165, 1.54) is 12.4 Å². The Balaban J connectivity index is 3.01. The molecule has 0 atom stereocenters. The maximum Gasteiger partial charge on any atom is 0.305 e. The van der Waals surface area contributed by atoms with Crippen LogP contribution in [0.25, 0.3) is 0 Å². The first kappa shape index (κ1) is 7.81. The summed E-state index contributed by atoms with van der Waals surface area (Å²) < 4.78 is 0. The van der Waals surface area contributed by atoms with Crippen LogP contribution < -0.4 is 11.1 Å². The molecule has 0 rings (SSSR count). The van der Waals surface area contributed by atoms with E-state index >= 15 is 0 Å². The van der Waals surface area contributed by atoms with Crippen LogP contribution in [-0.2, 0) is 4.79 Å². The molecule has 0 saturated carbocycles. The second-order valence-corrected chi connectivity index (χ2v) is 1.46. The zero-order valence-corrected chi connectivity index (χ0v) is 5.00. The van der Waals surface area contributed by atoms with Crippen molar-refractivity contribution in [3.05, 3.63) is 12.4 Å². The molecule has 52 valence electrons. The molecule has 0 unspecified atom stereocenters. The first-order valence-electron chi connectivity index (χ1n) is 2.59. The van der Waals surface area contributed by atoms with Crippen LogP contribution in [0.2, 0.25) is 0 Å². The summed E-state index contributed by atoms with van der Waals surface area (Å²) in [6, 6.07) is 0. The summed E-state index contributed by atoms with van der Waals surface area (Å²) in [6.07, 6.45) is 2.94. The van der Waals surface area contributed by atoms with E-state index in [4.69, 9.17) is 10.8 Å². The molecular formula is C5H10N2O2. The second-order valence-electron chi connectivity index (χ2n) is 1.46. The van der Waals surface area contributed by atoms with Crippen LogP contribution in [0.5, 0.6) is 0 Å². The molecule has 0 bridgehead atoms. The Labute approximate surface area is 53.4 Å². The van der Waals surface area contributed by atoms with E-state index in [0.717, 1.165) is 0 Å². The lowest BCUT2D eigenvalue weighted by atomic mass is 10.4. The number of carbonyl (C=O) groups is 1. The first-order chi connectivity index (χ1) is 4.27. The topological polar surface area (TPSA) is 75.3 Å². The zero-order valence-electron chi connectivity index (χ0n) is 5.00. The Morgan fingerprint density at radius 2 is 2.44 bits per heavy atom. The molecule has 0 aromatic heterocycles. The summed E-state index contributed by atoms with van der Waals surface area (Å²) in [5.74, 6) is -0.812. The van der Waals surface area contributed by atoms with Crippen molar-refractivity contribution >= 4 is 5.97 Å². The molecule has 0 aromatic carbocycles. The maximum atomic E-state index is 9.87. The van der Waals surface area contributed by atoms with Crippen molar-refractivity contribution in [2.24, 2.45) is 5.73 Å². The lowest BCUT2D eigenvalue weighted by Gasteiger charge is -1.93. The van der Waals surface area contributed by atoms with Crippen molar-refractivity contribution in [2.75, 3.05) is 6.54 Å². The average Bonchev–Trinajstić information content (AvgIpc) is 1.80. The molecule has 0 amide bonds. The summed E-state index contributed by atoms with van der Waals surface area (Å²) in [5.41, 5.74) is 4.95. The molecule has 0 aliphatic carbocycles. The molecule has 0 aliphatic rings. The van der Waals surface area contributed by atoms with Gasteiger partial charge in [0.1, 0.15) is 0 Å². The van der Waals surface area contributed by atoms with Gasteiger partial charge in [0.2, 0.25) is 0 Å². The van der Waals surface area contributed by atoms with E-state index in [1.54, 1.807) is 0 Å². The van der Waals surface area contributed by atoms with Gasteiger partial charge >= 0.3 is 5.97 Å². The Morgan fingerprint density at radius 3 is 2.89 bits per heavy atom. The van der Waals surface area contributed by atoms with E-state index in [0.29, 0.717) is 6.54 Å². The summed E-state index contributed by atoms with van der Waals surface area (Å²) in [7, 11) is 0. The van der Waals surface area contributed by atoms with Gasteiger partial charge in [-0.05, 0) is 0 Å². The van der Waals surface area contributed by atoms with Gasteiger partial charge in [-0.2, -0.15) is 0 Å². The number of rotatable bonds is 4. The Hall–Kier alpha value is -1.19. The van der Waals surface area contributed by atoms with Gasteiger partial charge < -0.3 is 16.2 Å². The Kier molecular flexibility index (Phi) is 4.30. The van der Waals surface area contributed by atoms with Crippen molar-refractivity contribution in [1.82, 2.24) is 5.32 Å². The van der Waals surface area contributed by atoms with Gasteiger partial charge in [0.05, 0.1) is 6.42 Å². The molecule has 4 N–H and O–H groups in total. The predicted octanol–water partition coefficient (Wildman–Crippen LogP) is -0.519. The van der Waals surface area contributed by atoms with Crippen molar-refractivity contribution < 1.29 is 9.90 Å². The fourth-order valence-corrected chi connectivity index (χ4v) is 0.330. The fraction of sp³-hybridized carbons (Fsp3) is 0.400. The minimum absolute atomic E-state index is 0.115. The summed E-state index contributed by atoms with van der Waals surface area (Å²) >= 11 is 0. The van der Waals surface area contributed by atoms with E-state index in [-0.39, 0.29) is 6.42 Å². The minimum Gasteiger partial charge on any atom is -0.481 e. The number of hydrogen-bond donors (Lipinski definition) is 3. The molecule has 4 heteroatoms. The van der Waals surface area contributed by atoms with Crippen LogP contribution in [0, 0.1) is 0 Å². The van der Waals surface area contributed by atoms with Crippen LogP contribution in [0.3, 0.4) is 0 Å². The van der Waals surface area contributed by atoms with Gasteiger partial charge in [0, 0.05) is 18.9 Å². The van der Waals surface area contributed by atoms with Crippen LogP contribution in [0.4, 0.5) is 0 Å². The maximum absolute atomic E-state index is 9.87.